The van der Waals surface area contributed by atoms with Gasteiger partial charge >= 0.3 is 0 Å². The number of Topliss-reactive ketones (excluding diaryl/α,β-unsaturated/α-hetero) is 1. The molecule has 17 heavy (non-hydrogen) atoms. The highest BCUT2D eigenvalue weighted by molar-refractivity contribution is 9.10. The van der Waals surface area contributed by atoms with Crippen molar-refractivity contribution in [1.82, 2.24) is 0 Å². The number of hydrogen-bond donors (Lipinski definition) is 0. The van der Waals surface area contributed by atoms with Crippen LogP contribution in [0.15, 0.2) is 28.7 Å². The Labute approximate surface area is 115 Å². The summed E-state index contributed by atoms with van der Waals surface area (Å²) in [6.45, 7) is 0. The summed E-state index contributed by atoms with van der Waals surface area (Å²) in [5.41, 5.74) is 1.11. The molecule has 1 aromatic rings. The second-order valence-electron chi connectivity index (χ2n) is 4.57. The Morgan fingerprint density at radius 2 is 2.00 bits per heavy atom. The molecule has 0 spiro atoms. The van der Waals surface area contributed by atoms with Crippen LogP contribution in [0.3, 0.4) is 0 Å². The first-order chi connectivity index (χ1) is 8.25. The number of halogens is 1. The summed E-state index contributed by atoms with van der Waals surface area (Å²) < 4.78 is 1.05. The fourth-order valence-electron chi connectivity index (χ4n) is 2.20. The zero-order valence-electron chi connectivity index (χ0n) is 9.82. The first-order valence-electron chi connectivity index (χ1n) is 6.08. The normalized spacial score (nSPS) is 17.0. The zero-order valence-corrected chi connectivity index (χ0v) is 12.2. The van der Waals surface area contributed by atoms with E-state index >= 15 is 0 Å². The number of thioether (sulfide) groups is 1. The van der Waals surface area contributed by atoms with E-state index < -0.39 is 0 Å². The number of hydrogen-bond acceptors (Lipinski definition) is 2. The third-order valence-corrected chi connectivity index (χ3v) is 5.03. The van der Waals surface area contributed by atoms with Crippen LogP contribution in [0, 0.1) is 5.92 Å². The van der Waals surface area contributed by atoms with Gasteiger partial charge in [-0.05, 0) is 41.9 Å². The van der Waals surface area contributed by atoms with Gasteiger partial charge in [0.15, 0.2) is 0 Å². The van der Waals surface area contributed by atoms with E-state index in [2.05, 4.69) is 15.9 Å². The molecular formula is C14H17BrOS. The van der Waals surface area contributed by atoms with Gasteiger partial charge in [0, 0.05) is 17.3 Å². The smallest absolute Gasteiger partial charge is 0.137 e. The van der Waals surface area contributed by atoms with Crippen molar-refractivity contribution in [3.63, 3.8) is 0 Å². The van der Waals surface area contributed by atoms with E-state index in [1.165, 1.54) is 24.3 Å². The van der Waals surface area contributed by atoms with Gasteiger partial charge in [-0.2, -0.15) is 11.8 Å². The van der Waals surface area contributed by atoms with Crippen molar-refractivity contribution >= 4 is 33.5 Å². The fraction of sp³-hybridized carbons (Fsp3) is 0.500. The molecule has 2 rings (SSSR count). The van der Waals surface area contributed by atoms with Gasteiger partial charge in [0.05, 0.1) is 0 Å². The van der Waals surface area contributed by atoms with Crippen molar-refractivity contribution in [3.05, 3.63) is 34.3 Å². The second-order valence-corrected chi connectivity index (χ2v) is 6.65. The van der Waals surface area contributed by atoms with Gasteiger partial charge in [0.1, 0.15) is 5.78 Å². The zero-order chi connectivity index (χ0) is 12.1. The number of rotatable bonds is 4. The Balaban J connectivity index is 1.86. The number of benzene rings is 1. The minimum Gasteiger partial charge on any atom is -0.299 e. The minimum atomic E-state index is 0.383. The highest BCUT2D eigenvalue weighted by atomic mass is 79.9. The molecule has 0 saturated carbocycles. The maximum atomic E-state index is 12.0. The Bertz CT molecular complexity index is 386. The van der Waals surface area contributed by atoms with E-state index in [0.29, 0.717) is 18.1 Å². The van der Waals surface area contributed by atoms with E-state index in [0.717, 1.165) is 16.5 Å². The average Bonchev–Trinajstić information content (AvgIpc) is 2.33. The topological polar surface area (TPSA) is 17.1 Å². The van der Waals surface area contributed by atoms with Gasteiger partial charge in [-0.3, -0.25) is 4.79 Å². The SMILES string of the molecule is O=C(Cc1ccccc1Br)CC1CCSCC1. The van der Waals surface area contributed by atoms with Crippen LogP contribution in [0.5, 0.6) is 0 Å². The molecule has 1 nitrogen and oxygen atoms in total. The van der Waals surface area contributed by atoms with Gasteiger partial charge in [-0.15, -0.1) is 0 Å². The molecule has 0 N–H and O–H groups in total. The van der Waals surface area contributed by atoms with E-state index in [-0.39, 0.29) is 0 Å². The number of ketones is 1. The van der Waals surface area contributed by atoms with Crippen molar-refractivity contribution in [2.24, 2.45) is 5.92 Å². The average molecular weight is 313 g/mol. The summed E-state index contributed by atoms with van der Waals surface area (Å²) in [6, 6.07) is 8.00. The molecule has 0 bridgehead atoms. The van der Waals surface area contributed by atoms with Crippen LogP contribution in [0.25, 0.3) is 0 Å². The molecule has 3 heteroatoms. The molecule has 1 heterocycles. The summed E-state index contributed by atoms with van der Waals surface area (Å²) >= 11 is 5.51. The van der Waals surface area contributed by atoms with Crippen molar-refractivity contribution < 1.29 is 4.79 Å². The lowest BCUT2D eigenvalue weighted by Crippen LogP contribution is -2.15. The molecule has 1 aliphatic heterocycles. The summed E-state index contributed by atoms with van der Waals surface area (Å²) in [5, 5.41) is 0. The third kappa shape index (κ3) is 4.14. The lowest BCUT2D eigenvalue weighted by atomic mass is 9.94. The van der Waals surface area contributed by atoms with E-state index in [4.69, 9.17) is 0 Å². The van der Waals surface area contributed by atoms with E-state index in [1.807, 2.05) is 36.0 Å². The molecule has 1 saturated heterocycles. The first kappa shape index (κ1) is 13.2. The van der Waals surface area contributed by atoms with Crippen LogP contribution >= 0.6 is 27.7 Å². The minimum absolute atomic E-state index is 0.383. The lowest BCUT2D eigenvalue weighted by molar-refractivity contribution is -0.119. The summed E-state index contributed by atoms with van der Waals surface area (Å²) in [4.78, 5) is 12.0. The van der Waals surface area contributed by atoms with Crippen LogP contribution in [-0.4, -0.2) is 17.3 Å². The number of carbonyl (C=O) groups is 1. The van der Waals surface area contributed by atoms with Gasteiger partial charge in [0.25, 0.3) is 0 Å². The highest BCUT2D eigenvalue weighted by Gasteiger charge is 2.17. The predicted molar refractivity (Wildman–Crippen MR) is 77.5 cm³/mol. The molecule has 0 aliphatic carbocycles. The summed E-state index contributed by atoms with van der Waals surface area (Å²) in [6.07, 6.45) is 3.77. The predicted octanol–water partition coefficient (Wildman–Crippen LogP) is 4.09. The summed E-state index contributed by atoms with van der Waals surface area (Å²) in [7, 11) is 0. The Hall–Kier alpha value is -0.280. The van der Waals surface area contributed by atoms with Crippen molar-refractivity contribution in [3.8, 4) is 0 Å². The van der Waals surface area contributed by atoms with Crippen LogP contribution < -0.4 is 0 Å². The molecule has 1 fully saturated rings. The maximum Gasteiger partial charge on any atom is 0.137 e. The second kappa shape index (κ2) is 6.60. The Morgan fingerprint density at radius 1 is 1.29 bits per heavy atom. The molecule has 0 unspecified atom stereocenters. The molecule has 0 atom stereocenters. The van der Waals surface area contributed by atoms with Crippen molar-refractivity contribution in [2.45, 2.75) is 25.7 Å². The largest absolute Gasteiger partial charge is 0.299 e. The Kier molecular flexibility index (Phi) is 5.11. The van der Waals surface area contributed by atoms with Crippen LogP contribution in [0.2, 0.25) is 0 Å². The lowest BCUT2D eigenvalue weighted by Gasteiger charge is -2.20. The Morgan fingerprint density at radius 3 is 2.71 bits per heavy atom. The molecule has 1 aromatic carbocycles. The van der Waals surface area contributed by atoms with Crippen molar-refractivity contribution in [1.29, 1.82) is 0 Å². The van der Waals surface area contributed by atoms with Crippen LogP contribution in [0.4, 0.5) is 0 Å². The van der Waals surface area contributed by atoms with Crippen LogP contribution in [-0.2, 0) is 11.2 Å². The maximum absolute atomic E-state index is 12.0. The van der Waals surface area contributed by atoms with E-state index in [9.17, 15) is 4.79 Å². The van der Waals surface area contributed by atoms with Gasteiger partial charge in [-0.25, -0.2) is 0 Å². The van der Waals surface area contributed by atoms with Gasteiger partial charge in [-0.1, -0.05) is 34.1 Å². The molecule has 0 amide bonds. The quantitative estimate of drug-likeness (QED) is 0.832. The number of carbonyl (C=O) groups excluding carboxylic acids is 1. The highest BCUT2D eigenvalue weighted by Crippen LogP contribution is 2.26. The molecule has 0 aromatic heterocycles. The fourth-order valence-corrected chi connectivity index (χ4v) is 3.83. The van der Waals surface area contributed by atoms with Crippen molar-refractivity contribution in [2.75, 3.05) is 11.5 Å². The first-order valence-corrected chi connectivity index (χ1v) is 8.03. The van der Waals surface area contributed by atoms with Gasteiger partial charge < -0.3 is 0 Å². The van der Waals surface area contributed by atoms with E-state index in [1.54, 1.807) is 0 Å². The summed E-state index contributed by atoms with van der Waals surface area (Å²) in [5.74, 6) is 3.47. The monoisotopic (exact) mass is 312 g/mol. The van der Waals surface area contributed by atoms with Crippen LogP contribution in [0.1, 0.15) is 24.8 Å². The molecule has 0 radical (unpaired) electrons. The standard InChI is InChI=1S/C14H17BrOS/c15-14-4-2-1-3-12(14)10-13(16)9-11-5-7-17-8-6-11/h1-4,11H,5-10H2. The molecular weight excluding hydrogens is 296 g/mol. The van der Waals surface area contributed by atoms with Gasteiger partial charge in [0.2, 0.25) is 0 Å². The molecule has 1 aliphatic rings. The molecule has 92 valence electrons. The third-order valence-electron chi connectivity index (χ3n) is 3.20.